The van der Waals surface area contributed by atoms with Gasteiger partial charge in [0.15, 0.2) is 0 Å². The first-order valence-electron chi connectivity index (χ1n) is 7.37. The summed E-state index contributed by atoms with van der Waals surface area (Å²) in [7, 11) is 0. The zero-order valence-corrected chi connectivity index (χ0v) is 13.3. The fourth-order valence-electron chi connectivity index (χ4n) is 3.18. The van der Waals surface area contributed by atoms with Crippen molar-refractivity contribution in [2.75, 3.05) is 11.9 Å². The number of halogens is 1. The van der Waals surface area contributed by atoms with Crippen molar-refractivity contribution in [3.63, 3.8) is 0 Å². The predicted octanol–water partition coefficient (Wildman–Crippen LogP) is 4.97. The van der Waals surface area contributed by atoms with Gasteiger partial charge < -0.3 is 5.32 Å². The smallest absolute Gasteiger partial charge is 0.225 e. The molecule has 0 saturated heterocycles. The number of rotatable bonds is 4. The van der Waals surface area contributed by atoms with Gasteiger partial charge in [0, 0.05) is 6.54 Å². The van der Waals surface area contributed by atoms with Crippen LogP contribution in [0.4, 0.5) is 5.82 Å². The second kappa shape index (κ2) is 6.27. The van der Waals surface area contributed by atoms with E-state index in [4.69, 9.17) is 11.6 Å². The van der Waals surface area contributed by atoms with Gasteiger partial charge in [0.2, 0.25) is 5.28 Å². The minimum absolute atomic E-state index is 0.328. The first-order chi connectivity index (χ1) is 9.72. The van der Waals surface area contributed by atoms with E-state index >= 15 is 0 Å². The lowest BCUT2D eigenvalue weighted by molar-refractivity contribution is 0.274. The summed E-state index contributed by atoms with van der Waals surface area (Å²) in [6.07, 6.45) is 6.77. The van der Waals surface area contributed by atoms with Crippen LogP contribution in [-0.4, -0.2) is 16.5 Å². The average Bonchev–Trinajstić information content (AvgIpc) is 2.87. The molecule has 1 aliphatic rings. The third-order valence-corrected chi connectivity index (χ3v) is 5.16. The Labute approximate surface area is 128 Å². The van der Waals surface area contributed by atoms with Crippen LogP contribution >= 0.6 is 22.9 Å². The summed E-state index contributed by atoms with van der Waals surface area (Å²) in [6.45, 7) is 3.34. The summed E-state index contributed by atoms with van der Waals surface area (Å²) >= 11 is 7.57. The molecule has 2 atom stereocenters. The fourth-order valence-corrected chi connectivity index (χ4v) is 4.16. The lowest BCUT2D eigenvalue weighted by atomic mass is 9.81. The third-order valence-electron chi connectivity index (χ3n) is 4.19. The minimum Gasteiger partial charge on any atom is -0.369 e. The summed E-state index contributed by atoms with van der Waals surface area (Å²) in [5.41, 5.74) is 0. The molecule has 1 saturated carbocycles. The van der Waals surface area contributed by atoms with Crippen LogP contribution in [0.25, 0.3) is 10.2 Å². The van der Waals surface area contributed by atoms with Crippen LogP contribution < -0.4 is 5.32 Å². The SMILES string of the molecule is CC1CCCC(CCNc2nc(Cl)nc3sccc23)C1. The summed E-state index contributed by atoms with van der Waals surface area (Å²) in [5.74, 6) is 2.64. The van der Waals surface area contributed by atoms with E-state index in [-0.39, 0.29) is 0 Å². The highest BCUT2D eigenvalue weighted by molar-refractivity contribution is 7.16. The van der Waals surface area contributed by atoms with Crippen LogP contribution in [0.15, 0.2) is 11.4 Å². The van der Waals surface area contributed by atoms with E-state index in [1.165, 1.54) is 32.1 Å². The van der Waals surface area contributed by atoms with E-state index in [1.54, 1.807) is 11.3 Å². The molecule has 0 aliphatic heterocycles. The maximum Gasteiger partial charge on any atom is 0.225 e. The van der Waals surface area contributed by atoms with Gasteiger partial charge >= 0.3 is 0 Å². The van der Waals surface area contributed by atoms with Gasteiger partial charge in [-0.3, -0.25) is 0 Å². The molecular formula is C15H20ClN3S. The van der Waals surface area contributed by atoms with Crippen LogP contribution in [-0.2, 0) is 0 Å². The molecule has 0 amide bonds. The van der Waals surface area contributed by atoms with Crippen LogP contribution in [0.5, 0.6) is 0 Å². The van der Waals surface area contributed by atoms with Gasteiger partial charge in [0.05, 0.1) is 5.39 Å². The zero-order chi connectivity index (χ0) is 13.9. The Morgan fingerprint density at radius 3 is 3.15 bits per heavy atom. The molecule has 20 heavy (non-hydrogen) atoms. The largest absolute Gasteiger partial charge is 0.369 e. The van der Waals surface area contributed by atoms with Crippen LogP contribution in [0, 0.1) is 11.8 Å². The Bertz CT molecular complexity index is 584. The monoisotopic (exact) mass is 309 g/mol. The molecule has 1 fully saturated rings. The molecule has 1 N–H and O–H groups in total. The standard InChI is InChI=1S/C15H20ClN3S/c1-10-3-2-4-11(9-10)5-7-17-13-12-6-8-20-14(12)19-15(16)18-13/h6,8,10-11H,2-5,7,9H2,1H3,(H,17,18,19). The van der Waals surface area contributed by atoms with E-state index in [2.05, 4.69) is 28.3 Å². The number of thiophene rings is 1. The van der Waals surface area contributed by atoms with E-state index in [0.717, 1.165) is 34.4 Å². The summed E-state index contributed by atoms with van der Waals surface area (Å²) < 4.78 is 0. The molecule has 3 nitrogen and oxygen atoms in total. The number of anilines is 1. The summed E-state index contributed by atoms with van der Waals surface area (Å²) in [5, 5.41) is 6.89. The lowest BCUT2D eigenvalue weighted by Crippen LogP contribution is -2.17. The van der Waals surface area contributed by atoms with E-state index in [0.29, 0.717) is 5.28 Å². The molecule has 0 bridgehead atoms. The Morgan fingerprint density at radius 1 is 1.40 bits per heavy atom. The minimum atomic E-state index is 0.328. The Morgan fingerprint density at radius 2 is 2.30 bits per heavy atom. The molecule has 2 heterocycles. The molecule has 0 spiro atoms. The molecule has 108 valence electrons. The van der Waals surface area contributed by atoms with Crippen molar-refractivity contribution in [3.05, 3.63) is 16.7 Å². The quantitative estimate of drug-likeness (QED) is 0.810. The maximum absolute atomic E-state index is 5.97. The Hall–Kier alpha value is -0.870. The van der Waals surface area contributed by atoms with Crippen molar-refractivity contribution in [3.8, 4) is 0 Å². The second-order valence-electron chi connectivity index (χ2n) is 5.83. The zero-order valence-electron chi connectivity index (χ0n) is 11.7. The van der Waals surface area contributed by atoms with Crippen molar-refractivity contribution in [2.45, 2.75) is 39.0 Å². The summed E-state index contributed by atoms with van der Waals surface area (Å²) in [4.78, 5) is 9.52. The molecule has 1 aliphatic carbocycles. The molecule has 0 aromatic carbocycles. The van der Waals surface area contributed by atoms with Crippen LogP contribution in [0.2, 0.25) is 5.28 Å². The van der Waals surface area contributed by atoms with Gasteiger partial charge in [-0.15, -0.1) is 11.3 Å². The molecular weight excluding hydrogens is 290 g/mol. The highest BCUT2D eigenvalue weighted by Crippen LogP contribution is 2.31. The third kappa shape index (κ3) is 3.23. The molecule has 3 rings (SSSR count). The number of aromatic nitrogens is 2. The van der Waals surface area contributed by atoms with Crippen molar-refractivity contribution in [1.29, 1.82) is 0 Å². The highest BCUT2D eigenvalue weighted by Gasteiger charge is 2.18. The number of nitrogens with zero attached hydrogens (tertiary/aromatic N) is 2. The lowest BCUT2D eigenvalue weighted by Gasteiger charge is -2.26. The van der Waals surface area contributed by atoms with Gasteiger partial charge in [-0.1, -0.05) is 26.2 Å². The molecule has 5 heteroatoms. The predicted molar refractivity (Wildman–Crippen MR) is 86.7 cm³/mol. The van der Waals surface area contributed by atoms with Crippen LogP contribution in [0.3, 0.4) is 0 Å². The highest BCUT2D eigenvalue weighted by atomic mass is 35.5. The first-order valence-corrected chi connectivity index (χ1v) is 8.63. The number of nitrogens with one attached hydrogen (secondary N) is 1. The van der Waals surface area contributed by atoms with Crippen LogP contribution in [0.1, 0.15) is 39.0 Å². The van der Waals surface area contributed by atoms with Gasteiger partial charge in [0.25, 0.3) is 0 Å². The Kier molecular flexibility index (Phi) is 4.41. The van der Waals surface area contributed by atoms with Crippen molar-refractivity contribution >= 4 is 39.0 Å². The number of fused-ring (bicyclic) bond motifs is 1. The normalized spacial score (nSPS) is 23.1. The molecule has 2 aromatic heterocycles. The number of hydrogen-bond acceptors (Lipinski definition) is 4. The van der Waals surface area contributed by atoms with Gasteiger partial charge in [0.1, 0.15) is 10.6 Å². The average molecular weight is 310 g/mol. The molecule has 2 unspecified atom stereocenters. The second-order valence-corrected chi connectivity index (χ2v) is 7.07. The van der Waals surface area contributed by atoms with E-state index in [9.17, 15) is 0 Å². The first kappa shape index (κ1) is 14.1. The Balaban J connectivity index is 1.61. The van der Waals surface area contributed by atoms with E-state index in [1.807, 2.05) is 5.38 Å². The van der Waals surface area contributed by atoms with Gasteiger partial charge in [-0.05, 0) is 47.7 Å². The molecule has 2 aromatic rings. The van der Waals surface area contributed by atoms with Crippen molar-refractivity contribution < 1.29 is 0 Å². The van der Waals surface area contributed by atoms with Crippen molar-refractivity contribution in [2.24, 2.45) is 11.8 Å². The maximum atomic E-state index is 5.97. The van der Waals surface area contributed by atoms with Crippen molar-refractivity contribution in [1.82, 2.24) is 9.97 Å². The fraction of sp³-hybridized carbons (Fsp3) is 0.600. The van der Waals surface area contributed by atoms with E-state index < -0.39 is 0 Å². The topological polar surface area (TPSA) is 37.8 Å². The number of hydrogen-bond donors (Lipinski definition) is 1. The molecule has 0 radical (unpaired) electrons. The van der Waals surface area contributed by atoms with Gasteiger partial charge in [-0.25, -0.2) is 9.97 Å². The van der Waals surface area contributed by atoms with Gasteiger partial charge in [-0.2, -0.15) is 0 Å². The summed E-state index contributed by atoms with van der Waals surface area (Å²) in [6, 6.07) is 2.06.